The quantitative estimate of drug-likeness (QED) is 0.934. The summed E-state index contributed by atoms with van der Waals surface area (Å²) in [5, 5.41) is 2.98. The van der Waals surface area contributed by atoms with E-state index in [0.717, 1.165) is 18.4 Å². The molecule has 3 nitrogen and oxygen atoms in total. The summed E-state index contributed by atoms with van der Waals surface area (Å²) in [6.45, 7) is 8.01. The van der Waals surface area contributed by atoms with Gasteiger partial charge in [-0.3, -0.25) is 9.78 Å². The first-order valence-electron chi connectivity index (χ1n) is 7.67. The van der Waals surface area contributed by atoms with Crippen LogP contribution >= 0.6 is 0 Å². The van der Waals surface area contributed by atoms with E-state index in [-0.39, 0.29) is 11.4 Å². The molecule has 0 radical (unpaired) electrons. The van der Waals surface area contributed by atoms with Gasteiger partial charge in [0.05, 0.1) is 0 Å². The van der Waals surface area contributed by atoms with Gasteiger partial charge in [-0.15, -0.1) is 0 Å². The van der Waals surface area contributed by atoms with Gasteiger partial charge in [0.15, 0.2) is 0 Å². The van der Waals surface area contributed by atoms with E-state index in [2.05, 4.69) is 41.5 Å². The number of hydrogen-bond donors (Lipinski definition) is 1. The summed E-state index contributed by atoms with van der Waals surface area (Å²) < 4.78 is 0. The summed E-state index contributed by atoms with van der Waals surface area (Å²) in [5.41, 5.74) is 3.80. The van der Waals surface area contributed by atoms with Gasteiger partial charge in [0.2, 0.25) is 0 Å². The number of pyridine rings is 1. The summed E-state index contributed by atoms with van der Waals surface area (Å²) in [7, 11) is 0. The number of carbonyl (C=O) groups is 1. The molecule has 0 aliphatic heterocycles. The van der Waals surface area contributed by atoms with Gasteiger partial charge in [-0.05, 0) is 57.7 Å². The Morgan fingerprint density at radius 3 is 2.59 bits per heavy atom. The lowest BCUT2D eigenvalue weighted by atomic mass is 10.0. The van der Waals surface area contributed by atoms with E-state index in [4.69, 9.17) is 0 Å². The fourth-order valence-corrected chi connectivity index (χ4v) is 2.39. The van der Waals surface area contributed by atoms with Gasteiger partial charge in [0, 0.05) is 11.7 Å². The lowest BCUT2D eigenvalue weighted by Crippen LogP contribution is -2.41. The van der Waals surface area contributed by atoms with E-state index in [0.29, 0.717) is 5.69 Å². The Kier molecular flexibility index (Phi) is 4.96. The number of carbonyl (C=O) groups excluding carboxylic acids is 1. The van der Waals surface area contributed by atoms with Crippen LogP contribution < -0.4 is 5.32 Å². The molecule has 0 bridgehead atoms. The van der Waals surface area contributed by atoms with Crippen molar-refractivity contribution in [1.29, 1.82) is 0 Å². The number of aromatic nitrogens is 1. The maximum Gasteiger partial charge on any atom is 0.270 e. The number of hydrogen-bond acceptors (Lipinski definition) is 2. The molecule has 22 heavy (non-hydrogen) atoms. The molecule has 3 heteroatoms. The van der Waals surface area contributed by atoms with Crippen molar-refractivity contribution >= 4 is 5.91 Å². The van der Waals surface area contributed by atoms with Gasteiger partial charge < -0.3 is 5.32 Å². The fourth-order valence-electron chi connectivity index (χ4n) is 2.39. The molecule has 1 aromatic heterocycles. The number of aryl methyl sites for hydroxylation is 3. The first-order chi connectivity index (χ1) is 10.3. The van der Waals surface area contributed by atoms with Crippen LogP contribution in [-0.2, 0) is 12.8 Å². The summed E-state index contributed by atoms with van der Waals surface area (Å²) in [6.07, 6.45) is 3.39. The average Bonchev–Trinajstić information content (AvgIpc) is 2.44. The standard InChI is InChI=1S/C19H24N2O/c1-14-7-5-8-15(13-14)10-11-16-9-6-12-20-17(16)18(22)21-19(2,3)4/h5-9,12-13H,10-11H2,1-4H3,(H,21,22). The maximum absolute atomic E-state index is 12.4. The third-order valence-corrected chi connectivity index (χ3v) is 3.36. The van der Waals surface area contributed by atoms with Crippen LogP contribution in [0.5, 0.6) is 0 Å². The highest BCUT2D eigenvalue weighted by Crippen LogP contribution is 2.13. The predicted octanol–water partition coefficient (Wildman–Crippen LogP) is 3.70. The topological polar surface area (TPSA) is 42.0 Å². The Morgan fingerprint density at radius 1 is 1.14 bits per heavy atom. The van der Waals surface area contributed by atoms with Crippen molar-refractivity contribution in [2.45, 2.75) is 46.1 Å². The van der Waals surface area contributed by atoms with Crippen LogP contribution in [0.25, 0.3) is 0 Å². The minimum absolute atomic E-state index is 0.104. The third kappa shape index (κ3) is 4.69. The van der Waals surface area contributed by atoms with E-state index < -0.39 is 0 Å². The molecular formula is C19H24N2O. The molecule has 1 N–H and O–H groups in total. The van der Waals surface area contributed by atoms with Crippen molar-refractivity contribution in [3.8, 4) is 0 Å². The molecule has 0 unspecified atom stereocenters. The molecular weight excluding hydrogens is 272 g/mol. The van der Waals surface area contributed by atoms with Crippen molar-refractivity contribution in [3.05, 3.63) is 65.0 Å². The van der Waals surface area contributed by atoms with Crippen LogP contribution in [0, 0.1) is 6.92 Å². The highest BCUT2D eigenvalue weighted by Gasteiger charge is 2.18. The van der Waals surface area contributed by atoms with Crippen molar-refractivity contribution in [2.75, 3.05) is 0 Å². The Bertz CT molecular complexity index is 656. The molecule has 0 aliphatic rings. The zero-order valence-electron chi connectivity index (χ0n) is 13.8. The molecule has 0 fully saturated rings. The van der Waals surface area contributed by atoms with Gasteiger partial charge in [-0.1, -0.05) is 35.9 Å². The van der Waals surface area contributed by atoms with Gasteiger partial charge in [-0.2, -0.15) is 0 Å². The molecule has 0 spiro atoms. The van der Waals surface area contributed by atoms with E-state index in [9.17, 15) is 4.79 Å². The molecule has 2 rings (SSSR count). The Labute approximate surface area is 132 Å². The number of benzene rings is 1. The van der Waals surface area contributed by atoms with Crippen molar-refractivity contribution in [1.82, 2.24) is 10.3 Å². The first kappa shape index (κ1) is 16.2. The van der Waals surface area contributed by atoms with Crippen LogP contribution in [0.4, 0.5) is 0 Å². The number of nitrogens with one attached hydrogen (secondary N) is 1. The van der Waals surface area contributed by atoms with E-state index in [1.54, 1.807) is 6.20 Å². The zero-order valence-corrected chi connectivity index (χ0v) is 13.8. The average molecular weight is 296 g/mol. The van der Waals surface area contributed by atoms with Gasteiger partial charge in [-0.25, -0.2) is 0 Å². The fraction of sp³-hybridized carbons (Fsp3) is 0.368. The molecule has 0 aliphatic carbocycles. The SMILES string of the molecule is Cc1cccc(CCc2cccnc2C(=O)NC(C)(C)C)c1. The molecule has 0 saturated carbocycles. The largest absolute Gasteiger partial charge is 0.346 e. The van der Waals surface area contributed by atoms with E-state index in [1.807, 2.05) is 32.9 Å². The Balaban J connectivity index is 2.13. The number of amides is 1. The maximum atomic E-state index is 12.4. The minimum atomic E-state index is -0.261. The number of nitrogens with zero attached hydrogens (tertiary/aromatic N) is 1. The molecule has 2 aromatic rings. The predicted molar refractivity (Wildman–Crippen MR) is 90.0 cm³/mol. The highest BCUT2D eigenvalue weighted by molar-refractivity contribution is 5.94. The molecule has 0 atom stereocenters. The van der Waals surface area contributed by atoms with E-state index >= 15 is 0 Å². The summed E-state index contributed by atoms with van der Waals surface area (Å²) in [6, 6.07) is 12.3. The summed E-state index contributed by atoms with van der Waals surface area (Å²) in [5.74, 6) is -0.104. The minimum Gasteiger partial charge on any atom is -0.346 e. The van der Waals surface area contributed by atoms with Crippen LogP contribution in [0.3, 0.4) is 0 Å². The van der Waals surface area contributed by atoms with Crippen LogP contribution in [0.1, 0.15) is 48.0 Å². The Hall–Kier alpha value is -2.16. The van der Waals surface area contributed by atoms with Gasteiger partial charge in [0.1, 0.15) is 5.69 Å². The van der Waals surface area contributed by atoms with Crippen LogP contribution in [-0.4, -0.2) is 16.4 Å². The second-order valence-electron chi connectivity index (χ2n) is 6.70. The van der Waals surface area contributed by atoms with Gasteiger partial charge >= 0.3 is 0 Å². The van der Waals surface area contributed by atoms with E-state index in [1.165, 1.54) is 11.1 Å². The lowest BCUT2D eigenvalue weighted by Gasteiger charge is -2.21. The summed E-state index contributed by atoms with van der Waals surface area (Å²) >= 11 is 0. The normalized spacial score (nSPS) is 11.3. The molecule has 1 amide bonds. The van der Waals surface area contributed by atoms with Crippen molar-refractivity contribution < 1.29 is 4.79 Å². The monoisotopic (exact) mass is 296 g/mol. The second-order valence-corrected chi connectivity index (χ2v) is 6.70. The molecule has 1 heterocycles. The lowest BCUT2D eigenvalue weighted by molar-refractivity contribution is 0.0913. The highest BCUT2D eigenvalue weighted by atomic mass is 16.2. The Morgan fingerprint density at radius 2 is 1.91 bits per heavy atom. The van der Waals surface area contributed by atoms with Crippen LogP contribution in [0.15, 0.2) is 42.6 Å². The second kappa shape index (κ2) is 6.73. The van der Waals surface area contributed by atoms with Crippen molar-refractivity contribution in [3.63, 3.8) is 0 Å². The van der Waals surface area contributed by atoms with Crippen molar-refractivity contribution in [2.24, 2.45) is 0 Å². The molecule has 1 aromatic carbocycles. The number of rotatable bonds is 4. The smallest absolute Gasteiger partial charge is 0.270 e. The summed E-state index contributed by atoms with van der Waals surface area (Å²) in [4.78, 5) is 16.7. The zero-order chi connectivity index (χ0) is 16.2. The molecule has 0 saturated heterocycles. The van der Waals surface area contributed by atoms with Crippen LogP contribution in [0.2, 0.25) is 0 Å². The molecule has 116 valence electrons. The first-order valence-corrected chi connectivity index (χ1v) is 7.67. The van der Waals surface area contributed by atoms with Gasteiger partial charge in [0.25, 0.3) is 5.91 Å². The third-order valence-electron chi connectivity index (χ3n) is 3.36.